The molecule has 0 spiro atoms. The first-order chi connectivity index (χ1) is 7.88. The van der Waals surface area contributed by atoms with Crippen LogP contribution < -0.4 is 5.32 Å². The van der Waals surface area contributed by atoms with Crippen LogP contribution in [0.15, 0.2) is 0 Å². The Morgan fingerprint density at radius 1 is 1.35 bits per heavy atom. The number of alkyl halides is 1. The molecule has 0 radical (unpaired) electrons. The standard InChI is InChI=1S/C14H26FNO/c1-5-13(3,4)12(17)14(16-6-2)9-7-11(15)8-10-14/h11,16H,5-10H2,1-4H3. The molecule has 1 rings (SSSR count). The molecule has 1 N–H and O–H groups in total. The molecule has 1 aliphatic rings. The number of ketones is 1. The Bertz CT molecular complexity index is 267. The van der Waals surface area contributed by atoms with Crippen LogP contribution in [0.2, 0.25) is 0 Å². The maximum atomic E-state index is 13.3. The molecular formula is C14H26FNO. The van der Waals surface area contributed by atoms with Gasteiger partial charge in [0.05, 0.1) is 5.54 Å². The molecule has 0 aromatic heterocycles. The summed E-state index contributed by atoms with van der Waals surface area (Å²) in [5.41, 5.74) is -0.790. The van der Waals surface area contributed by atoms with Crippen molar-refractivity contribution in [3.63, 3.8) is 0 Å². The summed E-state index contributed by atoms with van der Waals surface area (Å²) in [5.74, 6) is 0.265. The van der Waals surface area contributed by atoms with Gasteiger partial charge in [0.15, 0.2) is 5.78 Å². The van der Waals surface area contributed by atoms with Crippen molar-refractivity contribution in [2.75, 3.05) is 6.54 Å². The molecule has 3 heteroatoms. The quantitative estimate of drug-likeness (QED) is 0.803. The molecule has 0 aliphatic heterocycles. The maximum absolute atomic E-state index is 13.3. The van der Waals surface area contributed by atoms with Crippen LogP contribution in [-0.4, -0.2) is 24.0 Å². The van der Waals surface area contributed by atoms with Crippen molar-refractivity contribution in [2.45, 2.75) is 71.5 Å². The fraction of sp³-hybridized carbons (Fsp3) is 0.929. The van der Waals surface area contributed by atoms with E-state index in [0.717, 1.165) is 13.0 Å². The largest absolute Gasteiger partial charge is 0.305 e. The zero-order chi connectivity index (χ0) is 13.1. The number of Topliss-reactive ketones (excluding diaryl/α,β-unsaturated/α-hetero) is 1. The summed E-state index contributed by atoms with van der Waals surface area (Å²) >= 11 is 0. The minimum atomic E-state index is -0.723. The highest BCUT2D eigenvalue weighted by molar-refractivity contribution is 5.93. The second kappa shape index (κ2) is 5.47. The molecule has 0 atom stereocenters. The lowest BCUT2D eigenvalue weighted by atomic mass is 9.68. The van der Waals surface area contributed by atoms with Gasteiger partial charge in [0.1, 0.15) is 6.17 Å². The number of hydrogen-bond donors (Lipinski definition) is 1. The van der Waals surface area contributed by atoms with E-state index in [9.17, 15) is 9.18 Å². The van der Waals surface area contributed by atoms with Gasteiger partial charge in [-0.2, -0.15) is 0 Å². The Labute approximate surface area is 104 Å². The van der Waals surface area contributed by atoms with Gasteiger partial charge >= 0.3 is 0 Å². The maximum Gasteiger partial charge on any atom is 0.158 e. The second-order valence-electron chi connectivity index (χ2n) is 5.85. The average Bonchev–Trinajstić information content (AvgIpc) is 2.32. The first-order valence-electron chi connectivity index (χ1n) is 6.82. The molecule has 100 valence electrons. The summed E-state index contributed by atoms with van der Waals surface area (Å²) in [6.45, 7) is 8.81. The lowest BCUT2D eigenvalue weighted by Crippen LogP contribution is -2.58. The summed E-state index contributed by atoms with van der Waals surface area (Å²) in [5, 5.41) is 3.34. The molecule has 1 saturated carbocycles. The number of nitrogens with one attached hydrogen (secondary N) is 1. The van der Waals surface area contributed by atoms with Gasteiger partial charge in [0.25, 0.3) is 0 Å². The van der Waals surface area contributed by atoms with Gasteiger partial charge in [-0.05, 0) is 38.6 Å². The SMILES string of the molecule is CCNC1(C(=O)C(C)(C)CC)CCC(F)CC1. The van der Waals surface area contributed by atoms with Crippen LogP contribution in [0.25, 0.3) is 0 Å². The van der Waals surface area contributed by atoms with E-state index in [1.165, 1.54) is 0 Å². The van der Waals surface area contributed by atoms with Gasteiger partial charge in [-0.1, -0.05) is 27.7 Å². The number of rotatable bonds is 5. The highest BCUT2D eigenvalue weighted by Crippen LogP contribution is 2.37. The number of halogens is 1. The molecule has 0 saturated heterocycles. The van der Waals surface area contributed by atoms with Crippen molar-refractivity contribution in [1.82, 2.24) is 5.32 Å². The highest BCUT2D eigenvalue weighted by atomic mass is 19.1. The van der Waals surface area contributed by atoms with Crippen molar-refractivity contribution in [1.29, 1.82) is 0 Å². The second-order valence-corrected chi connectivity index (χ2v) is 5.85. The lowest BCUT2D eigenvalue weighted by molar-refractivity contribution is -0.136. The lowest BCUT2D eigenvalue weighted by Gasteiger charge is -2.42. The average molecular weight is 243 g/mol. The van der Waals surface area contributed by atoms with E-state index < -0.39 is 11.7 Å². The van der Waals surface area contributed by atoms with Crippen LogP contribution in [-0.2, 0) is 4.79 Å². The Morgan fingerprint density at radius 2 is 1.88 bits per heavy atom. The predicted molar refractivity (Wildman–Crippen MR) is 68.9 cm³/mol. The van der Waals surface area contributed by atoms with E-state index in [2.05, 4.69) is 5.32 Å². The summed E-state index contributed by atoms with van der Waals surface area (Å²) in [7, 11) is 0. The van der Waals surface area contributed by atoms with Crippen LogP contribution in [0.4, 0.5) is 4.39 Å². The van der Waals surface area contributed by atoms with Crippen molar-refractivity contribution >= 4 is 5.78 Å². The van der Waals surface area contributed by atoms with Gasteiger partial charge < -0.3 is 5.32 Å². The van der Waals surface area contributed by atoms with Gasteiger partial charge in [0, 0.05) is 5.41 Å². The Morgan fingerprint density at radius 3 is 2.29 bits per heavy atom. The number of hydrogen-bond acceptors (Lipinski definition) is 2. The molecular weight excluding hydrogens is 217 g/mol. The number of likely N-dealkylation sites (N-methyl/N-ethyl adjacent to an activating group) is 1. The highest BCUT2D eigenvalue weighted by Gasteiger charge is 2.46. The first kappa shape index (κ1) is 14.6. The van der Waals surface area contributed by atoms with E-state index >= 15 is 0 Å². The van der Waals surface area contributed by atoms with Gasteiger partial charge in [-0.15, -0.1) is 0 Å². The normalized spacial score (nSPS) is 30.3. The zero-order valence-electron chi connectivity index (χ0n) is 11.6. The van der Waals surface area contributed by atoms with Crippen LogP contribution in [0.5, 0.6) is 0 Å². The molecule has 17 heavy (non-hydrogen) atoms. The molecule has 1 fully saturated rings. The summed E-state index contributed by atoms with van der Waals surface area (Å²) in [6.07, 6.45) is 2.42. The Kier molecular flexibility index (Phi) is 4.70. The number of carbonyl (C=O) groups excluding carboxylic acids is 1. The minimum Gasteiger partial charge on any atom is -0.305 e. The van der Waals surface area contributed by atoms with Crippen LogP contribution >= 0.6 is 0 Å². The fourth-order valence-corrected chi connectivity index (χ4v) is 2.71. The van der Waals surface area contributed by atoms with Crippen molar-refractivity contribution in [2.24, 2.45) is 5.41 Å². The predicted octanol–water partition coefficient (Wildman–Crippen LogP) is 3.25. The van der Waals surface area contributed by atoms with Crippen LogP contribution in [0.1, 0.15) is 59.8 Å². The van der Waals surface area contributed by atoms with E-state index in [1.54, 1.807) is 0 Å². The van der Waals surface area contributed by atoms with Gasteiger partial charge in [-0.25, -0.2) is 4.39 Å². The molecule has 1 aliphatic carbocycles. The Balaban J connectivity index is 2.88. The zero-order valence-corrected chi connectivity index (χ0v) is 11.6. The third-order valence-electron chi connectivity index (χ3n) is 4.22. The summed E-state index contributed by atoms with van der Waals surface area (Å²) in [4.78, 5) is 12.7. The molecule has 0 aromatic rings. The first-order valence-corrected chi connectivity index (χ1v) is 6.82. The molecule has 2 nitrogen and oxygen atoms in total. The van der Waals surface area contributed by atoms with Gasteiger partial charge in [0.2, 0.25) is 0 Å². The van der Waals surface area contributed by atoms with Crippen LogP contribution in [0.3, 0.4) is 0 Å². The van der Waals surface area contributed by atoms with E-state index in [-0.39, 0.29) is 11.2 Å². The third kappa shape index (κ3) is 3.06. The van der Waals surface area contributed by atoms with Crippen LogP contribution in [0, 0.1) is 5.41 Å². The monoisotopic (exact) mass is 243 g/mol. The molecule has 0 aromatic carbocycles. The van der Waals surface area contributed by atoms with Crippen molar-refractivity contribution in [3.8, 4) is 0 Å². The van der Waals surface area contributed by atoms with Crippen molar-refractivity contribution in [3.05, 3.63) is 0 Å². The fourth-order valence-electron chi connectivity index (χ4n) is 2.71. The molecule has 0 bridgehead atoms. The van der Waals surface area contributed by atoms with Gasteiger partial charge in [-0.3, -0.25) is 4.79 Å². The van der Waals surface area contributed by atoms with E-state index in [0.29, 0.717) is 25.7 Å². The Hall–Kier alpha value is -0.440. The smallest absolute Gasteiger partial charge is 0.158 e. The number of carbonyl (C=O) groups is 1. The van der Waals surface area contributed by atoms with Crippen molar-refractivity contribution < 1.29 is 9.18 Å². The minimum absolute atomic E-state index is 0.265. The van der Waals surface area contributed by atoms with E-state index in [4.69, 9.17) is 0 Å². The molecule has 0 heterocycles. The summed E-state index contributed by atoms with van der Waals surface area (Å²) in [6, 6.07) is 0. The molecule has 0 unspecified atom stereocenters. The topological polar surface area (TPSA) is 29.1 Å². The third-order valence-corrected chi connectivity index (χ3v) is 4.22. The van der Waals surface area contributed by atoms with E-state index in [1.807, 2.05) is 27.7 Å². The summed E-state index contributed by atoms with van der Waals surface area (Å²) < 4.78 is 13.3. The molecule has 0 amide bonds.